The second-order valence-electron chi connectivity index (χ2n) is 7.45. The summed E-state index contributed by atoms with van der Waals surface area (Å²) >= 11 is 0. The first-order valence-corrected chi connectivity index (χ1v) is 11.7. The van der Waals surface area contributed by atoms with Gasteiger partial charge in [0.1, 0.15) is 6.72 Å². The Morgan fingerprint density at radius 2 is 1.83 bits per heavy atom. The van der Waals surface area contributed by atoms with E-state index in [0.717, 1.165) is 0 Å². The largest absolute Gasteiger partial charge is 0.209 e. The van der Waals surface area contributed by atoms with Crippen molar-refractivity contribution in [2.45, 2.75) is 33.5 Å². The predicted octanol–water partition coefficient (Wildman–Crippen LogP) is 2.97. The van der Waals surface area contributed by atoms with Crippen LogP contribution in [0.4, 0.5) is 0 Å². The molecule has 0 unspecified atom stereocenters. The lowest BCUT2D eigenvalue weighted by atomic mass is 9.99. The van der Waals surface area contributed by atoms with Crippen molar-refractivity contribution in [2.24, 2.45) is 0 Å². The summed E-state index contributed by atoms with van der Waals surface area (Å²) in [7, 11) is -1.36. The van der Waals surface area contributed by atoms with E-state index in [-0.39, 0.29) is 0 Å². The fourth-order valence-electron chi connectivity index (χ4n) is 3.41. The molecule has 1 aromatic heterocycles. The van der Waals surface area contributed by atoms with Crippen molar-refractivity contribution >= 4 is 19.3 Å². The van der Waals surface area contributed by atoms with E-state index < -0.39 is 8.07 Å². The number of benzene rings is 1. The van der Waals surface area contributed by atoms with Gasteiger partial charge < -0.3 is 0 Å². The molecule has 2 heteroatoms. The van der Waals surface area contributed by atoms with Gasteiger partial charge in [0.15, 0.2) is 6.20 Å². The highest BCUT2D eigenvalue weighted by Crippen LogP contribution is 2.09. The van der Waals surface area contributed by atoms with Crippen molar-refractivity contribution in [2.75, 3.05) is 0 Å². The van der Waals surface area contributed by atoms with Gasteiger partial charge in [0.2, 0.25) is 5.35 Å². The predicted molar refractivity (Wildman–Crippen MR) is 101 cm³/mol. The van der Waals surface area contributed by atoms with Crippen LogP contribution in [0.15, 0.2) is 36.5 Å². The molecule has 0 fully saturated rings. The number of nitrogens with zero attached hydrogens (tertiary/aromatic N) is 1. The zero-order valence-electron chi connectivity index (χ0n) is 14.8. The highest BCUT2D eigenvalue weighted by Gasteiger charge is 2.21. The molecule has 0 amide bonds. The van der Waals surface area contributed by atoms with Gasteiger partial charge in [0, 0.05) is 16.5 Å². The van der Waals surface area contributed by atoms with E-state index in [1.54, 1.807) is 0 Å². The molecule has 0 saturated carbocycles. The fraction of sp³-hybridized carbons (Fsp3) is 0.238. The molecule has 0 aliphatic heterocycles. The number of allylic oxidation sites excluding steroid dienone is 2. The Labute approximate surface area is 139 Å². The van der Waals surface area contributed by atoms with Crippen LogP contribution in [-0.2, 0) is 0 Å². The normalized spacial score (nSPS) is 14.8. The van der Waals surface area contributed by atoms with Crippen LogP contribution in [0.2, 0.25) is 19.6 Å². The Bertz CT molecular complexity index is 1010. The number of pyridine rings is 1. The average Bonchev–Trinajstić information content (AvgIpc) is 2.48. The smallest absolute Gasteiger partial charge is 0.174 e. The summed E-state index contributed by atoms with van der Waals surface area (Å²) in [5, 5.41) is 5.27. The molecule has 23 heavy (non-hydrogen) atoms. The van der Waals surface area contributed by atoms with Crippen LogP contribution < -0.4 is 14.6 Å². The maximum Gasteiger partial charge on any atom is 0.209 e. The highest BCUT2D eigenvalue weighted by atomic mass is 28.3. The van der Waals surface area contributed by atoms with Crippen LogP contribution in [0.5, 0.6) is 0 Å². The monoisotopic (exact) mass is 319 g/mol. The number of aromatic nitrogens is 1. The van der Waals surface area contributed by atoms with Crippen LogP contribution in [0.3, 0.4) is 0 Å². The Balaban J connectivity index is 2.55. The third-order valence-corrected chi connectivity index (χ3v) is 6.71. The topological polar surface area (TPSA) is 5.90 Å². The summed E-state index contributed by atoms with van der Waals surface area (Å²) in [4.78, 5) is 0. The average molecular weight is 320 g/mol. The lowest BCUT2D eigenvalue weighted by molar-refractivity contribution is -0.509. The molecule has 1 aliphatic carbocycles. The first-order chi connectivity index (χ1) is 10.8. The van der Waals surface area contributed by atoms with E-state index in [9.17, 15) is 0 Å². The number of hydrogen-bond acceptors (Lipinski definition) is 0. The van der Waals surface area contributed by atoms with Gasteiger partial charge in [0.25, 0.3) is 0 Å². The Morgan fingerprint density at radius 1 is 1.09 bits per heavy atom. The SMILES string of the molecule is C=[n+]1cc([Si](C)(C)C)c(C)cc1=c1c(C)ccc2c1=CC=C[CH-]2. The van der Waals surface area contributed by atoms with Gasteiger partial charge >= 0.3 is 0 Å². The first kappa shape index (κ1) is 15.8. The van der Waals surface area contributed by atoms with Crippen molar-refractivity contribution in [3.05, 3.63) is 82.2 Å². The molecule has 1 aromatic carbocycles. The van der Waals surface area contributed by atoms with Crippen molar-refractivity contribution in [1.82, 2.24) is 0 Å². The number of rotatable bonds is 1. The van der Waals surface area contributed by atoms with E-state index in [2.05, 4.69) is 93.5 Å². The lowest BCUT2D eigenvalue weighted by Gasteiger charge is -2.17. The summed E-state index contributed by atoms with van der Waals surface area (Å²) in [6, 6.07) is 6.72. The summed E-state index contributed by atoms with van der Waals surface area (Å²) in [5.41, 5.74) is 3.95. The highest BCUT2D eigenvalue weighted by molar-refractivity contribution is 6.88. The van der Waals surface area contributed by atoms with E-state index in [4.69, 9.17) is 0 Å². The molecule has 0 bridgehead atoms. The van der Waals surface area contributed by atoms with Crippen LogP contribution >= 0.6 is 0 Å². The maximum atomic E-state index is 4.30. The van der Waals surface area contributed by atoms with E-state index in [0.29, 0.717) is 0 Å². The van der Waals surface area contributed by atoms with E-state index >= 15 is 0 Å². The van der Waals surface area contributed by atoms with Crippen molar-refractivity contribution in [3.8, 4) is 0 Å². The van der Waals surface area contributed by atoms with E-state index in [1.165, 1.54) is 37.7 Å². The standard InChI is InChI=1S/C21H25NSi/c1-15-11-12-17-9-7-8-10-18(17)21(15)19-13-16(2)20(14-22(19)3)23(4,5)6/h7-14H,3H2,1-2,4-6H3. The quantitative estimate of drug-likeness (QED) is 0.433. The number of fused-ring (bicyclic) bond motifs is 1. The first-order valence-electron chi connectivity index (χ1n) is 8.15. The van der Waals surface area contributed by atoms with Gasteiger partial charge in [-0.25, -0.2) is 0 Å². The van der Waals surface area contributed by atoms with Gasteiger partial charge in [-0.05, 0) is 19.4 Å². The van der Waals surface area contributed by atoms with Crippen LogP contribution in [0.1, 0.15) is 16.7 Å². The molecule has 0 N–H and O–H groups in total. The molecule has 1 aliphatic rings. The Hall–Kier alpha value is -2.06. The minimum Gasteiger partial charge on any atom is -0.174 e. The third kappa shape index (κ3) is 2.79. The second kappa shape index (κ2) is 5.54. The molecular formula is C21H25NSi. The van der Waals surface area contributed by atoms with Gasteiger partial charge in [-0.1, -0.05) is 30.4 Å². The van der Waals surface area contributed by atoms with E-state index in [1.807, 2.05) is 0 Å². The Morgan fingerprint density at radius 3 is 2.52 bits per heavy atom. The summed E-state index contributed by atoms with van der Waals surface area (Å²) in [6.07, 6.45) is 10.8. The zero-order valence-corrected chi connectivity index (χ0v) is 15.8. The van der Waals surface area contributed by atoms with Gasteiger partial charge in [0.05, 0.1) is 8.07 Å². The molecule has 0 radical (unpaired) electrons. The van der Waals surface area contributed by atoms with Crippen molar-refractivity contribution in [1.29, 1.82) is 0 Å². The van der Waals surface area contributed by atoms with Crippen molar-refractivity contribution in [3.63, 3.8) is 0 Å². The summed E-state index contributed by atoms with van der Waals surface area (Å²) in [6.45, 7) is 15.9. The van der Waals surface area contributed by atoms with Crippen LogP contribution in [0, 0.1) is 37.6 Å². The fourth-order valence-corrected chi connectivity index (χ4v) is 5.21. The lowest BCUT2D eigenvalue weighted by Crippen LogP contribution is -2.43. The molecule has 1 heterocycles. The maximum absolute atomic E-state index is 4.30. The zero-order chi connectivity index (χ0) is 16.8. The molecule has 118 valence electrons. The third-order valence-electron chi connectivity index (χ3n) is 4.57. The summed E-state index contributed by atoms with van der Waals surface area (Å²) in [5.74, 6) is 0. The van der Waals surface area contributed by atoms with Gasteiger partial charge in [-0.2, -0.15) is 4.24 Å². The van der Waals surface area contributed by atoms with Crippen molar-refractivity contribution < 1.29 is 4.24 Å². The molecule has 2 aromatic rings. The van der Waals surface area contributed by atoms with Gasteiger partial charge in [-0.15, -0.1) is 42.3 Å². The minimum atomic E-state index is -1.36. The molecule has 0 atom stereocenters. The van der Waals surface area contributed by atoms with Crippen LogP contribution in [0.25, 0.3) is 6.08 Å². The molecule has 3 rings (SSSR count). The van der Waals surface area contributed by atoms with Crippen LogP contribution in [-0.4, -0.2) is 8.07 Å². The molecule has 1 nitrogen and oxygen atoms in total. The summed E-state index contributed by atoms with van der Waals surface area (Å²) < 4.78 is 2.06. The molecule has 0 spiro atoms. The second-order valence-corrected chi connectivity index (χ2v) is 12.5. The Kier molecular flexibility index (Phi) is 3.81. The number of aryl methyl sites for hydroxylation is 2. The minimum absolute atomic E-state index is 1.19. The molecular weight excluding hydrogens is 294 g/mol. The molecule has 0 saturated heterocycles. The number of hydrogen-bond donors (Lipinski definition) is 0. The van der Waals surface area contributed by atoms with Gasteiger partial charge in [-0.3, -0.25) is 0 Å².